The summed E-state index contributed by atoms with van der Waals surface area (Å²) < 4.78 is 2.25. The first-order valence-corrected chi connectivity index (χ1v) is 6.86. The van der Waals surface area contributed by atoms with Gasteiger partial charge >= 0.3 is 0 Å². The molecule has 0 aliphatic heterocycles. The Hall–Kier alpha value is -1.24. The van der Waals surface area contributed by atoms with Gasteiger partial charge in [-0.15, -0.1) is 0 Å². The average Bonchev–Trinajstić information content (AvgIpc) is 2.67. The van der Waals surface area contributed by atoms with E-state index in [0.29, 0.717) is 0 Å². The molecule has 0 fully saturated rings. The molecule has 0 saturated heterocycles. The van der Waals surface area contributed by atoms with Gasteiger partial charge in [0.15, 0.2) is 0 Å². The number of unbranched alkanes of at least 4 members (excludes halogenated alkanes) is 4. The Balaban J connectivity index is 1.99. The summed E-state index contributed by atoms with van der Waals surface area (Å²) in [6.07, 6.45) is 10.3. The molecule has 0 spiro atoms. The summed E-state index contributed by atoms with van der Waals surface area (Å²) in [6, 6.07) is 8.71. The number of rotatable bonds is 6. The van der Waals surface area contributed by atoms with Gasteiger partial charge in [0.1, 0.15) is 0 Å². The fraction of sp³-hybridized carbons (Fsp3) is 0.500. The number of benzene rings is 1. The van der Waals surface area contributed by atoms with E-state index in [-0.39, 0.29) is 0 Å². The molecule has 0 unspecified atom stereocenters. The van der Waals surface area contributed by atoms with Crippen molar-refractivity contribution in [3.05, 3.63) is 36.0 Å². The summed E-state index contributed by atoms with van der Waals surface area (Å²) in [5, 5.41) is 1.44. The van der Waals surface area contributed by atoms with Crippen LogP contribution in [0.25, 0.3) is 10.9 Å². The third-order valence-electron chi connectivity index (χ3n) is 3.53. The van der Waals surface area contributed by atoms with Crippen molar-refractivity contribution in [2.75, 3.05) is 0 Å². The number of aromatic nitrogens is 1. The van der Waals surface area contributed by atoms with E-state index < -0.39 is 0 Å². The highest BCUT2D eigenvalue weighted by molar-refractivity contribution is 5.83. The van der Waals surface area contributed by atoms with Crippen molar-refractivity contribution in [2.45, 2.75) is 45.4 Å². The molecule has 17 heavy (non-hydrogen) atoms. The molecular weight excluding hydrogens is 206 g/mol. The van der Waals surface area contributed by atoms with Crippen LogP contribution in [0.4, 0.5) is 0 Å². The topological polar surface area (TPSA) is 4.93 Å². The van der Waals surface area contributed by atoms with Gasteiger partial charge < -0.3 is 4.57 Å². The molecular formula is C16H23N. The van der Waals surface area contributed by atoms with Crippen molar-refractivity contribution >= 4 is 10.9 Å². The Bertz CT molecular complexity index is 467. The Morgan fingerprint density at radius 3 is 2.59 bits per heavy atom. The van der Waals surface area contributed by atoms with Gasteiger partial charge in [0, 0.05) is 24.1 Å². The molecule has 1 aromatic carbocycles. The van der Waals surface area contributed by atoms with E-state index in [2.05, 4.69) is 49.0 Å². The lowest BCUT2D eigenvalue weighted by molar-refractivity contribution is 0.632. The summed E-state index contributed by atoms with van der Waals surface area (Å²) in [4.78, 5) is 0. The second-order valence-electron chi connectivity index (χ2n) is 4.95. The molecule has 0 radical (unpaired) electrons. The van der Waals surface area contributed by atoms with Crippen LogP contribution in [0, 0.1) is 0 Å². The van der Waals surface area contributed by atoms with Crippen molar-refractivity contribution in [1.29, 1.82) is 0 Å². The molecule has 0 amide bonds. The number of hydrogen-bond donors (Lipinski definition) is 0. The third-order valence-corrected chi connectivity index (χ3v) is 3.53. The van der Waals surface area contributed by atoms with Crippen LogP contribution >= 0.6 is 0 Å². The van der Waals surface area contributed by atoms with Crippen LogP contribution in [0.1, 0.15) is 44.6 Å². The number of fused-ring (bicyclic) bond motifs is 1. The van der Waals surface area contributed by atoms with Gasteiger partial charge in [-0.3, -0.25) is 0 Å². The van der Waals surface area contributed by atoms with E-state index in [4.69, 9.17) is 0 Å². The lowest BCUT2D eigenvalue weighted by Gasteiger charge is -1.99. The molecule has 2 aromatic rings. The molecule has 0 N–H and O–H groups in total. The number of para-hydroxylation sites is 1. The molecule has 1 heteroatoms. The van der Waals surface area contributed by atoms with E-state index in [1.54, 1.807) is 0 Å². The summed E-state index contributed by atoms with van der Waals surface area (Å²) >= 11 is 0. The Morgan fingerprint density at radius 1 is 1.00 bits per heavy atom. The molecule has 1 nitrogen and oxygen atoms in total. The zero-order valence-electron chi connectivity index (χ0n) is 11.1. The summed E-state index contributed by atoms with van der Waals surface area (Å²) in [6.45, 7) is 2.27. The van der Waals surface area contributed by atoms with Crippen LogP contribution in [0.15, 0.2) is 30.5 Å². The second-order valence-corrected chi connectivity index (χ2v) is 4.95. The standard InChI is InChI=1S/C16H23N/c1-3-4-5-6-7-10-14-13-17(2)16-12-9-8-11-15(14)16/h8-9,11-13H,3-7,10H2,1-2H3. The van der Waals surface area contributed by atoms with Gasteiger partial charge in [0.25, 0.3) is 0 Å². The molecule has 0 bridgehead atoms. The van der Waals surface area contributed by atoms with Gasteiger partial charge in [0.2, 0.25) is 0 Å². The Kier molecular flexibility index (Phi) is 4.24. The maximum atomic E-state index is 2.30. The number of nitrogens with zero attached hydrogens (tertiary/aromatic N) is 1. The molecule has 1 heterocycles. The minimum Gasteiger partial charge on any atom is -0.350 e. The molecule has 2 rings (SSSR count). The first-order chi connectivity index (χ1) is 8.33. The van der Waals surface area contributed by atoms with Crippen molar-refractivity contribution in [2.24, 2.45) is 7.05 Å². The van der Waals surface area contributed by atoms with Crippen LogP contribution < -0.4 is 0 Å². The van der Waals surface area contributed by atoms with Gasteiger partial charge in [0.05, 0.1) is 0 Å². The SMILES string of the molecule is CCCCCCCc1cn(C)c2ccccc12. The van der Waals surface area contributed by atoms with E-state index >= 15 is 0 Å². The summed E-state index contributed by atoms with van der Waals surface area (Å²) in [5.41, 5.74) is 2.87. The fourth-order valence-corrected chi connectivity index (χ4v) is 2.54. The minimum absolute atomic E-state index is 1.23. The van der Waals surface area contributed by atoms with Gasteiger partial charge in [-0.2, -0.15) is 0 Å². The lowest BCUT2D eigenvalue weighted by atomic mass is 10.1. The van der Waals surface area contributed by atoms with Gasteiger partial charge in [-0.25, -0.2) is 0 Å². The van der Waals surface area contributed by atoms with E-state index in [1.165, 1.54) is 55.0 Å². The summed E-state index contributed by atoms with van der Waals surface area (Å²) in [7, 11) is 2.14. The quantitative estimate of drug-likeness (QED) is 0.633. The van der Waals surface area contributed by atoms with E-state index in [0.717, 1.165) is 0 Å². The Labute approximate surface area is 104 Å². The maximum absolute atomic E-state index is 2.30. The summed E-state index contributed by atoms with van der Waals surface area (Å²) in [5.74, 6) is 0. The minimum atomic E-state index is 1.23. The smallest absolute Gasteiger partial charge is 0.0480 e. The number of aryl methyl sites for hydroxylation is 2. The zero-order valence-corrected chi connectivity index (χ0v) is 11.1. The Morgan fingerprint density at radius 2 is 1.76 bits per heavy atom. The predicted molar refractivity (Wildman–Crippen MR) is 75.4 cm³/mol. The molecule has 0 aliphatic rings. The highest BCUT2D eigenvalue weighted by Crippen LogP contribution is 2.22. The first kappa shape index (κ1) is 12.2. The molecule has 0 saturated carbocycles. The molecule has 0 atom stereocenters. The zero-order chi connectivity index (χ0) is 12.1. The normalized spacial score (nSPS) is 11.2. The van der Waals surface area contributed by atoms with E-state index in [9.17, 15) is 0 Å². The van der Waals surface area contributed by atoms with Crippen molar-refractivity contribution < 1.29 is 0 Å². The largest absolute Gasteiger partial charge is 0.350 e. The van der Waals surface area contributed by atoms with Crippen molar-refractivity contribution in [1.82, 2.24) is 4.57 Å². The molecule has 92 valence electrons. The van der Waals surface area contributed by atoms with Crippen molar-refractivity contribution in [3.63, 3.8) is 0 Å². The average molecular weight is 229 g/mol. The lowest BCUT2D eigenvalue weighted by Crippen LogP contribution is -1.85. The van der Waals surface area contributed by atoms with Gasteiger partial charge in [-0.05, 0) is 24.5 Å². The highest BCUT2D eigenvalue weighted by Gasteiger charge is 2.04. The van der Waals surface area contributed by atoms with Crippen molar-refractivity contribution in [3.8, 4) is 0 Å². The van der Waals surface area contributed by atoms with Crippen LogP contribution in [0.5, 0.6) is 0 Å². The van der Waals surface area contributed by atoms with E-state index in [1.807, 2.05) is 0 Å². The molecule has 1 aromatic heterocycles. The monoisotopic (exact) mass is 229 g/mol. The third kappa shape index (κ3) is 2.91. The predicted octanol–water partition coefficient (Wildman–Crippen LogP) is 4.69. The fourth-order valence-electron chi connectivity index (χ4n) is 2.54. The second kappa shape index (κ2) is 5.90. The molecule has 0 aliphatic carbocycles. The highest BCUT2D eigenvalue weighted by atomic mass is 14.9. The van der Waals surface area contributed by atoms with Crippen LogP contribution in [0.2, 0.25) is 0 Å². The van der Waals surface area contributed by atoms with Crippen LogP contribution in [0.3, 0.4) is 0 Å². The van der Waals surface area contributed by atoms with Gasteiger partial charge in [-0.1, -0.05) is 50.8 Å². The van der Waals surface area contributed by atoms with Crippen LogP contribution in [-0.2, 0) is 13.5 Å². The van der Waals surface area contributed by atoms with Crippen LogP contribution in [-0.4, -0.2) is 4.57 Å². The number of hydrogen-bond acceptors (Lipinski definition) is 0. The maximum Gasteiger partial charge on any atom is 0.0480 e. The first-order valence-electron chi connectivity index (χ1n) is 6.86.